The Bertz CT molecular complexity index is 5670. The standard InChI is InChI=1S/C94H66N4/c1-97-91-79(67-47-23-7-24-48-67)81(69-51-27-9-28-52-69)93(97)86(74-61-37-14-38-62-74)94-82(70-53-29-10-30-54-70)80(68-49-25-8-26-50-68)92(98(94)2)85(73-59-35-13-36-60-73)90-78(66-45-21-6-22-46-66)76(64-41-17-4-18-42-64)88(96-90)83(71-55-31-11-32-56-71)87-75(63-39-15-3-16-40-63)77(65-43-19-5-20-44-65)89(95-87)84(91)72-57-33-12-34-58-72/h3-62H,1-2H3. The van der Waals surface area contributed by atoms with Crippen molar-refractivity contribution in [2.45, 2.75) is 0 Å². The monoisotopic (exact) mass is 1250 g/mol. The molecule has 98 heavy (non-hydrogen) atoms. The Morgan fingerprint density at radius 3 is 0.694 bits per heavy atom. The molecule has 0 fully saturated rings. The SMILES string of the molecule is Cn1c2c(-c3ccccc3)c(-c3ccccc3)c1C(c1ccccc1)=c1c(-c3ccccc3)c(-c3ccccc3)c(n1C)=C(c1ccccc1)C1=NC(=C(c3ccccc3)C3=NC(=C2c2ccccc2)C(c2ccccc2)=C3c2ccccc2)C(c2ccccc2)=C1c1ccccc1. The molecule has 0 N–H and O–H groups in total. The van der Waals surface area contributed by atoms with E-state index in [0.29, 0.717) is 0 Å². The van der Waals surface area contributed by atoms with Gasteiger partial charge in [-0.3, -0.25) is 0 Å². The molecule has 4 heterocycles. The molecule has 0 radical (unpaired) electrons. The molecular weight excluding hydrogens is 1190 g/mol. The number of aromatic nitrogens is 2. The molecule has 17 rings (SSSR count). The molecule has 3 aliphatic rings. The molecule has 2 aliphatic heterocycles. The molecule has 1 aliphatic carbocycles. The first kappa shape index (κ1) is 59.0. The Labute approximate surface area is 572 Å². The summed E-state index contributed by atoms with van der Waals surface area (Å²) in [7, 11) is 4.62. The lowest BCUT2D eigenvalue weighted by molar-refractivity contribution is 0.846. The van der Waals surface area contributed by atoms with E-state index in [-0.39, 0.29) is 0 Å². The minimum atomic E-state index is 0.812. The van der Waals surface area contributed by atoms with Crippen LogP contribution in [0.15, 0.2) is 385 Å². The number of hydrogen-bond donors (Lipinski definition) is 0. The molecule has 14 aromatic rings. The van der Waals surface area contributed by atoms with Gasteiger partial charge >= 0.3 is 0 Å². The van der Waals surface area contributed by atoms with E-state index in [1.54, 1.807) is 0 Å². The molecule has 12 aromatic carbocycles. The predicted molar refractivity (Wildman–Crippen MR) is 409 cm³/mol. The first-order valence-corrected chi connectivity index (χ1v) is 33.6. The van der Waals surface area contributed by atoms with Gasteiger partial charge in [0.2, 0.25) is 0 Å². The average Bonchev–Trinajstić information content (AvgIpc) is 1.54. The van der Waals surface area contributed by atoms with Gasteiger partial charge in [0.15, 0.2) is 0 Å². The lowest BCUT2D eigenvalue weighted by Crippen LogP contribution is -2.31. The summed E-state index contributed by atoms with van der Waals surface area (Å²) in [4.78, 5) is 13.1. The summed E-state index contributed by atoms with van der Waals surface area (Å²) >= 11 is 0. The maximum Gasteiger partial charge on any atom is 0.0823 e. The second-order valence-corrected chi connectivity index (χ2v) is 25.0. The summed E-state index contributed by atoms with van der Waals surface area (Å²) in [5.74, 6) is 0. The highest BCUT2D eigenvalue weighted by atomic mass is 15.0. The van der Waals surface area contributed by atoms with E-state index in [9.17, 15) is 0 Å². The highest BCUT2D eigenvalue weighted by Gasteiger charge is 2.41. The third-order valence-corrected chi connectivity index (χ3v) is 19.3. The van der Waals surface area contributed by atoms with Crippen LogP contribution >= 0.6 is 0 Å². The molecule has 0 atom stereocenters. The summed E-state index contributed by atoms with van der Waals surface area (Å²) in [6, 6.07) is 132. The molecule has 0 unspecified atom stereocenters. The second kappa shape index (κ2) is 25.5. The molecule has 0 saturated heterocycles. The summed E-state index contributed by atoms with van der Waals surface area (Å²) in [5, 5.41) is 2.05. The van der Waals surface area contributed by atoms with Crippen molar-refractivity contribution >= 4 is 56.0 Å². The largest absolute Gasteiger partial charge is 0.342 e. The van der Waals surface area contributed by atoms with Crippen molar-refractivity contribution in [3.8, 4) is 44.5 Å². The van der Waals surface area contributed by atoms with Crippen molar-refractivity contribution in [3.63, 3.8) is 0 Å². The van der Waals surface area contributed by atoms with Gasteiger partial charge in [-0.15, -0.1) is 0 Å². The van der Waals surface area contributed by atoms with Crippen LogP contribution in [0.25, 0.3) is 89.1 Å². The van der Waals surface area contributed by atoms with Gasteiger partial charge < -0.3 is 9.13 Å². The van der Waals surface area contributed by atoms with Crippen LogP contribution in [0.2, 0.25) is 0 Å². The van der Waals surface area contributed by atoms with Crippen molar-refractivity contribution in [3.05, 3.63) is 442 Å². The lowest BCUT2D eigenvalue weighted by atomic mass is 9.82. The number of benzene rings is 12. The third-order valence-electron chi connectivity index (χ3n) is 19.3. The minimum absolute atomic E-state index is 0.812. The van der Waals surface area contributed by atoms with Crippen LogP contribution in [0.1, 0.15) is 55.9 Å². The number of aliphatic imine (C=N–C) groups is 2. The topological polar surface area (TPSA) is 34.6 Å². The molecule has 462 valence electrons. The number of hydrogen-bond acceptors (Lipinski definition) is 2. The Morgan fingerprint density at radius 1 is 0.173 bits per heavy atom. The van der Waals surface area contributed by atoms with Crippen molar-refractivity contribution < 1.29 is 0 Å². The summed E-state index contributed by atoms with van der Waals surface area (Å²) in [5.41, 5.74) is 30.2. The van der Waals surface area contributed by atoms with Crippen molar-refractivity contribution in [1.82, 2.24) is 9.13 Å². The zero-order chi connectivity index (χ0) is 65.5. The van der Waals surface area contributed by atoms with Crippen LogP contribution in [0.4, 0.5) is 0 Å². The normalized spacial score (nSPS) is 13.7. The molecule has 0 amide bonds. The summed E-state index contributed by atoms with van der Waals surface area (Å²) in [6.07, 6.45) is 0. The fourth-order valence-electron chi connectivity index (χ4n) is 15.2. The van der Waals surface area contributed by atoms with Gasteiger partial charge in [0.05, 0.1) is 44.9 Å². The number of fused-ring (bicyclic) bond motifs is 10. The Hall–Kier alpha value is -12.8. The third kappa shape index (κ3) is 10.2. The molecular formula is C94H66N4. The van der Waals surface area contributed by atoms with Crippen molar-refractivity contribution in [1.29, 1.82) is 0 Å². The van der Waals surface area contributed by atoms with Gasteiger partial charge in [0, 0.05) is 80.9 Å². The Balaban J connectivity index is 1.26. The summed E-state index contributed by atoms with van der Waals surface area (Å²) < 4.78 is 5.07. The molecule has 8 bridgehead atoms. The van der Waals surface area contributed by atoms with Gasteiger partial charge in [0.25, 0.3) is 0 Å². The van der Waals surface area contributed by atoms with E-state index in [1.165, 1.54) is 0 Å². The molecule has 4 heteroatoms. The molecule has 2 aromatic heterocycles. The summed E-state index contributed by atoms with van der Waals surface area (Å²) in [6.45, 7) is 0. The first-order chi connectivity index (χ1) is 48.6. The lowest BCUT2D eigenvalue weighted by Gasteiger charge is -2.19. The maximum absolute atomic E-state index is 6.53. The molecule has 4 nitrogen and oxygen atoms in total. The second-order valence-electron chi connectivity index (χ2n) is 25.0. The van der Waals surface area contributed by atoms with Gasteiger partial charge in [-0.1, -0.05) is 364 Å². The fourth-order valence-corrected chi connectivity index (χ4v) is 15.2. The number of nitrogens with zero attached hydrogens (tertiary/aromatic N) is 4. The van der Waals surface area contributed by atoms with Crippen molar-refractivity contribution in [2.75, 3.05) is 0 Å². The highest BCUT2D eigenvalue weighted by molar-refractivity contribution is 6.56. The molecule has 0 spiro atoms. The van der Waals surface area contributed by atoms with Crippen LogP contribution < -0.4 is 10.7 Å². The number of allylic oxidation sites excluding steroid dienone is 5. The van der Waals surface area contributed by atoms with E-state index in [0.717, 1.165) is 179 Å². The predicted octanol–water partition coefficient (Wildman–Crippen LogP) is 20.8. The molecule has 0 saturated carbocycles. The maximum atomic E-state index is 6.53. The van der Waals surface area contributed by atoms with E-state index in [4.69, 9.17) is 9.98 Å². The minimum Gasteiger partial charge on any atom is -0.342 e. The van der Waals surface area contributed by atoms with Gasteiger partial charge in [-0.2, -0.15) is 0 Å². The highest BCUT2D eigenvalue weighted by Crippen LogP contribution is 2.55. The Morgan fingerprint density at radius 2 is 0.378 bits per heavy atom. The quantitative estimate of drug-likeness (QED) is 0.117. The first-order valence-electron chi connectivity index (χ1n) is 33.6. The Kier molecular flexibility index (Phi) is 15.4. The van der Waals surface area contributed by atoms with Gasteiger partial charge in [-0.05, 0) is 66.8 Å². The van der Waals surface area contributed by atoms with Gasteiger partial charge in [-0.25, -0.2) is 9.98 Å². The van der Waals surface area contributed by atoms with Crippen LogP contribution in [-0.2, 0) is 14.1 Å². The van der Waals surface area contributed by atoms with Crippen LogP contribution in [0.5, 0.6) is 0 Å². The van der Waals surface area contributed by atoms with E-state index in [2.05, 4.69) is 387 Å². The average molecular weight is 1250 g/mol. The van der Waals surface area contributed by atoms with E-state index < -0.39 is 0 Å². The van der Waals surface area contributed by atoms with Crippen LogP contribution in [0, 0.1) is 0 Å². The van der Waals surface area contributed by atoms with E-state index in [1.807, 2.05) is 0 Å². The van der Waals surface area contributed by atoms with Crippen LogP contribution in [0.3, 0.4) is 0 Å². The number of rotatable bonds is 12. The van der Waals surface area contributed by atoms with Gasteiger partial charge in [0.1, 0.15) is 0 Å². The van der Waals surface area contributed by atoms with E-state index >= 15 is 0 Å². The van der Waals surface area contributed by atoms with Crippen LogP contribution in [-0.4, -0.2) is 20.6 Å². The zero-order valence-electron chi connectivity index (χ0n) is 54.4. The zero-order valence-corrected chi connectivity index (χ0v) is 54.4. The fraction of sp³-hybridized carbons (Fsp3) is 0.0213. The smallest absolute Gasteiger partial charge is 0.0823 e. The van der Waals surface area contributed by atoms with Crippen molar-refractivity contribution in [2.24, 2.45) is 24.1 Å².